The van der Waals surface area contributed by atoms with Gasteiger partial charge in [0.15, 0.2) is 11.6 Å². The summed E-state index contributed by atoms with van der Waals surface area (Å²) in [6.07, 6.45) is 0. The van der Waals surface area contributed by atoms with Gasteiger partial charge in [0.2, 0.25) is 5.95 Å². The Balaban J connectivity index is 1.34. The molecule has 0 N–H and O–H groups in total. The third-order valence-corrected chi connectivity index (χ3v) is 9.60. The maximum Gasteiger partial charge on any atom is 0.238 e. The fourth-order valence-corrected chi connectivity index (χ4v) is 7.42. The minimum absolute atomic E-state index is 0.574. The van der Waals surface area contributed by atoms with E-state index in [1.54, 1.807) is 0 Å². The van der Waals surface area contributed by atoms with Crippen molar-refractivity contribution in [2.24, 2.45) is 0 Å². The molecule has 0 bridgehead atoms. The molecule has 10 rings (SSSR count). The number of aromatic nitrogens is 5. The van der Waals surface area contributed by atoms with Gasteiger partial charge in [0, 0.05) is 38.2 Å². The molecule has 0 aliphatic rings. The number of benzene rings is 7. The predicted octanol–water partition coefficient (Wildman–Crippen LogP) is 11.1. The van der Waals surface area contributed by atoms with Gasteiger partial charge in [-0.3, -0.25) is 4.57 Å². The van der Waals surface area contributed by atoms with Gasteiger partial charge in [0.05, 0.1) is 27.8 Å². The highest BCUT2D eigenvalue weighted by molar-refractivity contribution is 6.11. The normalized spacial score (nSPS) is 11.6. The Kier molecular flexibility index (Phi) is 6.42. The van der Waals surface area contributed by atoms with E-state index in [1.807, 2.05) is 18.2 Å². The Bertz CT molecular complexity index is 2760. The zero-order chi connectivity index (χ0) is 33.0. The number of para-hydroxylation sites is 5. The molecule has 0 amide bonds. The van der Waals surface area contributed by atoms with Gasteiger partial charge in [-0.25, -0.2) is 4.98 Å². The first-order valence-electron chi connectivity index (χ1n) is 16.8. The van der Waals surface area contributed by atoms with Crippen LogP contribution in [0.5, 0.6) is 0 Å². The summed E-state index contributed by atoms with van der Waals surface area (Å²) < 4.78 is 4.55. The third-order valence-electron chi connectivity index (χ3n) is 9.60. The Morgan fingerprint density at radius 1 is 0.300 bits per heavy atom. The van der Waals surface area contributed by atoms with Crippen molar-refractivity contribution in [3.63, 3.8) is 0 Å². The van der Waals surface area contributed by atoms with Crippen molar-refractivity contribution >= 4 is 43.6 Å². The molecule has 5 nitrogen and oxygen atoms in total. The van der Waals surface area contributed by atoms with Crippen LogP contribution < -0.4 is 0 Å². The minimum atomic E-state index is 0.574. The second kappa shape index (κ2) is 11.4. The molecule has 234 valence electrons. The molecule has 0 unspecified atom stereocenters. The Hall–Kier alpha value is -6.85. The van der Waals surface area contributed by atoms with E-state index in [0.717, 1.165) is 60.8 Å². The molecule has 0 aliphatic heterocycles. The Morgan fingerprint density at radius 2 is 0.720 bits per heavy atom. The van der Waals surface area contributed by atoms with Crippen LogP contribution in [0.15, 0.2) is 176 Å². The van der Waals surface area contributed by atoms with Gasteiger partial charge in [-0.15, -0.1) is 0 Å². The average molecular weight is 640 g/mol. The van der Waals surface area contributed by atoms with Crippen molar-refractivity contribution < 1.29 is 0 Å². The van der Waals surface area contributed by atoms with Crippen molar-refractivity contribution in [2.45, 2.75) is 0 Å². The zero-order valence-electron chi connectivity index (χ0n) is 27.0. The van der Waals surface area contributed by atoms with E-state index >= 15 is 0 Å². The largest absolute Gasteiger partial charge is 0.308 e. The molecule has 0 fully saturated rings. The number of fused-ring (bicyclic) bond motifs is 6. The van der Waals surface area contributed by atoms with E-state index in [9.17, 15) is 0 Å². The lowest BCUT2D eigenvalue weighted by Crippen LogP contribution is -2.08. The van der Waals surface area contributed by atoms with Crippen LogP contribution in [0.3, 0.4) is 0 Å². The van der Waals surface area contributed by atoms with Crippen molar-refractivity contribution in [2.75, 3.05) is 0 Å². The quantitative estimate of drug-likeness (QED) is 0.188. The monoisotopic (exact) mass is 639 g/mol. The molecule has 0 saturated carbocycles. The molecule has 50 heavy (non-hydrogen) atoms. The summed E-state index contributed by atoms with van der Waals surface area (Å²) in [5, 5.41) is 4.71. The highest BCUT2D eigenvalue weighted by atomic mass is 15.2. The van der Waals surface area contributed by atoms with E-state index in [2.05, 4.69) is 167 Å². The van der Waals surface area contributed by atoms with Gasteiger partial charge >= 0.3 is 0 Å². The molecule has 0 spiro atoms. The number of rotatable bonds is 5. The molecule has 10 aromatic rings. The second-order valence-corrected chi connectivity index (χ2v) is 12.5. The lowest BCUT2D eigenvalue weighted by Gasteiger charge is -2.19. The van der Waals surface area contributed by atoms with Gasteiger partial charge in [-0.05, 0) is 35.9 Å². The summed E-state index contributed by atoms with van der Waals surface area (Å²) in [7, 11) is 0. The van der Waals surface area contributed by atoms with Crippen LogP contribution >= 0.6 is 0 Å². The Labute approximate surface area is 288 Å². The predicted molar refractivity (Wildman–Crippen MR) is 205 cm³/mol. The van der Waals surface area contributed by atoms with Gasteiger partial charge in [0.1, 0.15) is 0 Å². The molecule has 0 atom stereocenters. The van der Waals surface area contributed by atoms with Gasteiger partial charge in [-0.2, -0.15) is 9.97 Å². The summed E-state index contributed by atoms with van der Waals surface area (Å²) in [6, 6.07) is 61.4. The van der Waals surface area contributed by atoms with Crippen LogP contribution in [0, 0.1) is 0 Å². The summed E-state index contributed by atoms with van der Waals surface area (Å²) in [5.74, 6) is 1.79. The number of nitrogens with zero attached hydrogens (tertiary/aromatic N) is 5. The van der Waals surface area contributed by atoms with Crippen molar-refractivity contribution in [1.29, 1.82) is 0 Å². The molecule has 3 heterocycles. The van der Waals surface area contributed by atoms with Gasteiger partial charge < -0.3 is 4.57 Å². The summed E-state index contributed by atoms with van der Waals surface area (Å²) in [6.45, 7) is 0. The van der Waals surface area contributed by atoms with Crippen molar-refractivity contribution in [3.8, 4) is 45.5 Å². The van der Waals surface area contributed by atoms with E-state index in [4.69, 9.17) is 15.0 Å². The summed E-state index contributed by atoms with van der Waals surface area (Å²) >= 11 is 0. The van der Waals surface area contributed by atoms with Crippen molar-refractivity contribution in [1.82, 2.24) is 24.1 Å². The lowest BCUT2D eigenvalue weighted by molar-refractivity contribution is 0.952. The molecule has 7 aromatic carbocycles. The van der Waals surface area contributed by atoms with E-state index in [1.165, 1.54) is 10.8 Å². The first-order chi connectivity index (χ1) is 24.8. The smallest absolute Gasteiger partial charge is 0.238 e. The fourth-order valence-electron chi connectivity index (χ4n) is 7.42. The maximum absolute atomic E-state index is 5.36. The van der Waals surface area contributed by atoms with Crippen LogP contribution in [0.1, 0.15) is 0 Å². The number of hydrogen-bond acceptors (Lipinski definition) is 3. The molecule has 5 heteroatoms. The van der Waals surface area contributed by atoms with Gasteiger partial charge in [0.25, 0.3) is 0 Å². The molecule has 0 aliphatic carbocycles. The van der Waals surface area contributed by atoms with E-state index in [0.29, 0.717) is 17.6 Å². The SMILES string of the molecule is c1ccc(-c2nc(-c3cccc(-c4ccccc4)c3-n3c4ccccc4c4ccccc43)nc(-n3c4ccccc4c4ccccc43)n2)cc1. The first-order valence-corrected chi connectivity index (χ1v) is 16.8. The molecule has 0 radical (unpaired) electrons. The van der Waals surface area contributed by atoms with Gasteiger partial charge in [-0.1, -0.05) is 146 Å². The van der Waals surface area contributed by atoms with Crippen LogP contribution in [0.25, 0.3) is 89.2 Å². The van der Waals surface area contributed by atoms with Crippen LogP contribution in [0.2, 0.25) is 0 Å². The highest BCUT2D eigenvalue weighted by Crippen LogP contribution is 2.41. The van der Waals surface area contributed by atoms with E-state index < -0.39 is 0 Å². The molecular weight excluding hydrogens is 611 g/mol. The van der Waals surface area contributed by atoms with Crippen LogP contribution in [-0.2, 0) is 0 Å². The first kappa shape index (κ1) is 28.2. The molecule has 0 saturated heterocycles. The molecule has 3 aromatic heterocycles. The van der Waals surface area contributed by atoms with Crippen molar-refractivity contribution in [3.05, 3.63) is 176 Å². The zero-order valence-corrected chi connectivity index (χ0v) is 27.0. The standard InChI is InChI=1S/C45H29N5/c1-3-16-30(17-4-1)32-24-15-25-37(42(32)49-38-26-11-7-20-33(38)34-21-8-12-27-39(34)49)44-46-43(31-18-5-2-6-19-31)47-45(48-44)50-40-28-13-9-22-35(40)36-23-10-14-29-41(36)50/h1-29H. The number of hydrogen-bond donors (Lipinski definition) is 0. The van der Waals surface area contributed by atoms with Crippen LogP contribution in [-0.4, -0.2) is 24.1 Å². The minimum Gasteiger partial charge on any atom is -0.308 e. The lowest BCUT2D eigenvalue weighted by atomic mass is 9.99. The maximum atomic E-state index is 5.36. The Morgan fingerprint density at radius 3 is 1.26 bits per heavy atom. The van der Waals surface area contributed by atoms with Crippen LogP contribution in [0.4, 0.5) is 0 Å². The molecular formula is C45H29N5. The summed E-state index contributed by atoms with van der Waals surface area (Å²) in [5.41, 5.74) is 9.42. The third kappa shape index (κ3) is 4.37. The average Bonchev–Trinajstić information content (AvgIpc) is 3.71. The van der Waals surface area contributed by atoms with E-state index in [-0.39, 0.29) is 0 Å². The summed E-state index contributed by atoms with van der Waals surface area (Å²) in [4.78, 5) is 15.8. The fraction of sp³-hybridized carbons (Fsp3) is 0. The highest BCUT2D eigenvalue weighted by Gasteiger charge is 2.23. The topological polar surface area (TPSA) is 48.5 Å². The second-order valence-electron chi connectivity index (χ2n) is 12.5.